The highest BCUT2D eigenvalue weighted by Crippen LogP contribution is 2.32. The number of ether oxygens (including phenoxy) is 4. The molecule has 4 aromatic rings. The molecule has 0 bridgehead atoms. The molecule has 4 aromatic carbocycles. The Labute approximate surface area is 428 Å². The number of rotatable bonds is 27. The largest absolute Gasteiger partial charge is 0.485 e. The first kappa shape index (κ1) is 55.6. The van der Waals surface area contributed by atoms with E-state index in [1.807, 2.05) is 94.4 Å². The fourth-order valence-electron chi connectivity index (χ4n) is 9.02. The van der Waals surface area contributed by atoms with Crippen LogP contribution in [0.2, 0.25) is 0 Å². The summed E-state index contributed by atoms with van der Waals surface area (Å²) in [5.41, 5.74) is 2.92. The van der Waals surface area contributed by atoms with Crippen LogP contribution in [0, 0.1) is 11.8 Å². The molecule has 4 amide bonds. The van der Waals surface area contributed by atoms with Gasteiger partial charge < -0.3 is 44.7 Å². The molecule has 2 aliphatic heterocycles. The Hall–Kier alpha value is -6.75. The molecule has 4 N–H and O–H groups in total. The number of hydrogen-bond donors (Lipinski definition) is 4. The molecule has 73 heavy (non-hydrogen) atoms. The minimum Gasteiger partial charge on any atom is -0.485 e. The average Bonchev–Trinajstić information content (AvgIpc) is 4.12. The summed E-state index contributed by atoms with van der Waals surface area (Å²) in [6.45, 7) is 13.4. The Morgan fingerprint density at radius 2 is 1.23 bits per heavy atom. The summed E-state index contributed by atoms with van der Waals surface area (Å²) in [7, 11) is 0. The predicted octanol–water partition coefficient (Wildman–Crippen LogP) is 5.62. The van der Waals surface area contributed by atoms with Gasteiger partial charge >= 0.3 is 5.97 Å². The number of carbonyl (C=O) groups excluding carboxylic acids is 7. The Balaban J connectivity index is 1.21. The quantitative estimate of drug-likeness (QED) is 0.0190. The van der Waals surface area contributed by atoms with E-state index in [-0.39, 0.29) is 72.8 Å². The summed E-state index contributed by atoms with van der Waals surface area (Å²) in [4.78, 5) is 94.6. The highest BCUT2D eigenvalue weighted by Gasteiger charge is 2.50. The Bertz CT molecular complexity index is 2510. The van der Waals surface area contributed by atoms with Gasteiger partial charge in [0.25, 0.3) is 5.91 Å². The molecule has 4 unspecified atom stereocenters. The zero-order valence-electron chi connectivity index (χ0n) is 43.0. The molecule has 2 heterocycles. The molecular weight excluding hydrogens is 931 g/mol. The first-order valence-corrected chi connectivity index (χ1v) is 25.3. The van der Waals surface area contributed by atoms with Crippen molar-refractivity contribution >= 4 is 41.7 Å². The summed E-state index contributed by atoms with van der Waals surface area (Å²) in [5.74, 6) is -2.19. The smallest absolute Gasteiger partial charge is 0.308 e. The van der Waals surface area contributed by atoms with Gasteiger partial charge in [-0.2, -0.15) is 0 Å². The van der Waals surface area contributed by atoms with E-state index in [4.69, 9.17) is 18.9 Å². The molecule has 0 aliphatic carbocycles. The number of hydrogen-bond acceptors (Lipinski definition) is 11. The lowest BCUT2D eigenvalue weighted by atomic mass is 9.93. The van der Waals surface area contributed by atoms with Crippen molar-refractivity contribution in [3.63, 3.8) is 0 Å². The van der Waals surface area contributed by atoms with E-state index in [0.717, 1.165) is 28.5 Å². The third-order valence-electron chi connectivity index (χ3n) is 13.1. The Kier molecular flexibility index (Phi) is 20.0. The van der Waals surface area contributed by atoms with Crippen LogP contribution in [-0.4, -0.2) is 115 Å². The highest BCUT2D eigenvalue weighted by molar-refractivity contribution is 5.99. The number of carbonyl (C=O) groups is 7. The number of esters is 1. The second kappa shape index (κ2) is 26.3. The minimum absolute atomic E-state index is 0.00120. The summed E-state index contributed by atoms with van der Waals surface area (Å²) in [6.07, 6.45) is 2.18. The van der Waals surface area contributed by atoms with E-state index in [9.17, 15) is 33.6 Å². The summed E-state index contributed by atoms with van der Waals surface area (Å²) in [5, 5.41) is 11.9. The first-order valence-electron chi connectivity index (χ1n) is 25.3. The number of epoxide rings is 1. The van der Waals surface area contributed by atoms with Gasteiger partial charge in [0, 0.05) is 24.5 Å². The van der Waals surface area contributed by atoms with Crippen molar-refractivity contribution < 1.29 is 57.0 Å². The van der Waals surface area contributed by atoms with Gasteiger partial charge in [0.15, 0.2) is 23.8 Å². The molecule has 0 aromatic heterocycles. The lowest BCUT2D eigenvalue weighted by Crippen LogP contribution is -2.61. The fourth-order valence-corrected chi connectivity index (χ4v) is 9.02. The third-order valence-corrected chi connectivity index (χ3v) is 13.1. The average molecular weight is 1000 g/mol. The number of benzene rings is 4. The van der Waals surface area contributed by atoms with Crippen LogP contribution in [-0.2, 0) is 64.2 Å². The van der Waals surface area contributed by atoms with Crippen molar-refractivity contribution in [1.29, 1.82) is 0 Å². The van der Waals surface area contributed by atoms with Gasteiger partial charge in [-0.3, -0.25) is 33.6 Å². The molecule has 16 heteroatoms. The zero-order valence-corrected chi connectivity index (χ0v) is 43.0. The fraction of sp³-hybridized carbons (Fsp3) is 0.456. The normalized spacial score (nSPS) is 17.5. The molecular formula is C57H72N5O11+. The molecule has 6 rings (SSSR count). The molecule has 2 aliphatic rings. The molecule has 5 atom stereocenters. The number of nitrogens with one attached hydrogen (secondary N) is 4. The number of ketones is 1. The van der Waals surface area contributed by atoms with Crippen LogP contribution >= 0.6 is 0 Å². The Morgan fingerprint density at radius 1 is 0.671 bits per heavy atom. The third kappa shape index (κ3) is 17.2. The van der Waals surface area contributed by atoms with E-state index < -0.39 is 53.5 Å². The number of nitrogens with zero attached hydrogens (tertiary/aromatic N) is 1. The van der Waals surface area contributed by atoms with Gasteiger partial charge in [-0.15, -0.1) is 0 Å². The van der Waals surface area contributed by atoms with Gasteiger partial charge in [0.1, 0.15) is 56.3 Å². The van der Waals surface area contributed by atoms with Crippen molar-refractivity contribution in [1.82, 2.24) is 21.3 Å². The molecule has 2 saturated heterocycles. The number of aryl methyl sites for hydroxylation is 1. The highest BCUT2D eigenvalue weighted by atomic mass is 16.6. The van der Waals surface area contributed by atoms with E-state index >= 15 is 0 Å². The van der Waals surface area contributed by atoms with E-state index in [1.165, 1.54) is 6.92 Å². The maximum absolute atomic E-state index is 14.6. The number of aldehydes is 1. The standard InChI is InChI=1S/C57H71N5O11/c1-38(2)29-47(53(66)57(6)37-72-57)59-56(69)49(31-42-15-11-8-12-16-42)61-55(68)48(30-39(3)4)60-54(67)46(23-21-41-13-9-7-10-14-41)58-52(65)34-62(25-27-70-28-26-62)33-45-22-24-50(73-40(5)64)51(32-45)71-36-44-19-17-43(35-63)18-20-44/h7-20,22,24,32,35,38-39,46-49H,21,23,25-31,33-34,36-37H2,1-6H3,(H3-,58,59,60,61,65,67,68,69)/p+1/t46?,47?,48?,49?,57-/m1/s1. The second-order valence-electron chi connectivity index (χ2n) is 20.4. The lowest BCUT2D eigenvalue weighted by Gasteiger charge is -2.41. The van der Waals surface area contributed by atoms with Gasteiger partial charge in [0.2, 0.25) is 17.7 Å². The van der Waals surface area contributed by atoms with Crippen molar-refractivity contribution in [2.24, 2.45) is 11.8 Å². The van der Waals surface area contributed by atoms with Crippen LogP contribution in [0.15, 0.2) is 103 Å². The van der Waals surface area contributed by atoms with Crippen LogP contribution < -0.4 is 30.7 Å². The molecule has 0 radical (unpaired) electrons. The topological polar surface area (TPSA) is 208 Å². The van der Waals surface area contributed by atoms with Crippen LogP contribution in [0.1, 0.15) is 93.4 Å². The van der Waals surface area contributed by atoms with Crippen molar-refractivity contribution in [3.8, 4) is 11.5 Å². The van der Waals surface area contributed by atoms with Crippen LogP contribution in [0.25, 0.3) is 0 Å². The van der Waals surface area contributed by atoms with Crippen molar-refractivity contribution in [3.05, 3.63) is 131 Å². The maximum atomic E-state index is 14.6. The number of quaternary nitrogens is 1. The van der Waals surface area contributed by atoms with E-state index in [1.54, 1.807) is 43.3 Å². The monoisotopic (exact) mass is 1000 g/mol. The molecule has 2 fully saturated rings. The van der Waals surface area contributed by atoms with Gasteiger partial charge in [-0.25, -0.2) is 0 Å². The number of morpholine rings is 1. The van der Waals surface area contributed by atoms with Gasteiger partial charge in [-0.1, -0.05) is 113 Å². The predicted molar refractivity (Wildman–Crippen MR) is 274 cm³/mol. The summed E-state index contributed by atoms with van der Waals surface area (Å²) < 4.78 is 23.2. The molecule has 16 nitrogen and oxygen atoms in total. The first-order chi connectivity index (χ1) is 34.9. The summed E-state index contributed by atoms with van der Waals surface area (Å²) >= 11 is 0. The van der Waals surface area contributed by atoms with Gasteiger partial charge in [0.05, 0.1) is 25.9 Å². The second-order valence-corrected chi connectivity index (χ2v) is 20.4. The van der Waals surface area contributed by atoms with E-state index in [2.05, 4.69) is 21.3 Å². The minimum atomic E-state index is -1.10. The summed E-state index contributed by atoms with van der Waals surface area (Å²) in [6, 6.07) is 27.0. The SMILES string of the molecule is CC(=O)Oc1ccc(C[N+]2(CC(=O)NC(CCc3ccccc3)C(=O)NC(CC(C)C)C(=O)NC(Cc3ccccc3)C(=O)NC(CC(C)C)C(=O)[C@@]3(C)CO3)CCOCC2)cc1OCc1ccc(C=O)cc1. The van der Waals surface area contributed by atoms with Crippen molar-refractivity contribution in [2.45, 2.75) is 117 Å². The maximum Gasteiger partial charge on any atom is 0.308 e. The number of amides is 4. The number of Topliss-reactive ketones (excluding diaryl/α,β-unsaturated/α-hetero) is 1. The van der Waals surface area contributed by atoms with Crippen LogP contribution in [0.4, 0.5) is 0 Å². The van der Waals surface area contributed by atoms with E-state index in [0.29, 0.717) is 57.0 Å². The van der Waals surface area contributed by atoms with Crippen molar-refractivity contribution in [2.75, 3.05) is 39.5 Å². The molecule has 0 spiro atoms. The molecule has 0 saturated carbocycles. The molecule has 390 valence electrons. The van der Waals surface area contributed by atoms with Crippen LogP contribution in [0.3, 0.4) is 0 Å². The van der Waals surface area contributed by atoms with Crippen LogP contribution in [0.5, 0.6) is 11.5 Å². The Morgan fingerprint density at radius 3 is 1.84 bits per heavy atom. The zero-order chi connectivity index (χ0) is 52.5. The lowest BCUT2D eigenvalue weighted by molar-refractivity contribution is -0.940. The van der Waals surface area contributed by atoms with Gasteiger partial charge in [-0.05, 0) is 79.3 Å².